The summed E-state index contributed by atoms with van der Waals surface area (Å²) in [5.74, 6) is 0.0168. The highest BCUT2D eigenvalue weighted by molar-refractivity contribution is 5.81. The summed E-state index contributed by atoms with van der Waals surface area (Å²) >= 11 is 0. The lowest BCUT2D eigenvalue weighted by molar-refractivity contribution is -0.121. The number of nitrogens with one attached hydrogen (secondary N) is 1. The Labute approximate surface area is 109 Å². The topological polar surface area (TPSA) is 58.4 Å². The fourth-order valence-electron chi connectivity index (χ4n) is 1.69. The molecule has 0 saturated heterocycles. The molecule has 100 valence electrons. The van der Waals surface area contributed by atoms with Gasteiger partial charge in [0, 0.05) is 24.8 Å². The third-order valence-electron chi connectivity index (χ3n) is 2.48. The zero-order valence-electron chi connectivity index (χ0n) is 11.7. The van der Waals surface area contributed by atoms with Crippen LogP contribution in [0.5, 0.6) is 0 Å². The summed E-state index contributed by atoms with van der Waals surface area (Å²) in [6.45, 7) is 6.76. The van der Waals surface area contributed by atoms with Gasteiger partial charge < -0.3 is 16.0 Å². The Balaban J connectivity index is 2.64. The van der Waals surface area contributed by atoms with Crippen molar-refractivity contribution in [3.63, 3.8) is 0 Å². The van der Waals surface area contributed by atoms with Crippen LogP contribution in [0.1, 0.15) is 26.3 Å². The molecule has 1 rings (SSSR count). The highest BCUT2D eigenvalue weighted by Crippen LogP contribution is 2.14. The fourth-order valence-corrected chi connectivity index (χ4v) is 1.69. The molecule has 0 fully saturated rings. The molecule has 4 nitrogen and oxygen atoms in total. The van der Waals surface area contributed by atoms with Gasteiger partial charge in [-0.3, -0.25) is 4.79 Å². The molecule has 3 N–H and O–H groups in total. The van der Waals surface area contributed by atoms with Gasteiger partial charge in [-0.25, -0.2) is 0 Å². The summed E-state index contributed by atoms with van der Waals surface area (Å²) in [5.41, 5.74) is 7.48. The second-order valence-electron chi connectivity index (χ2n) is 5.53. The largest absolute Gasteiger partial charge is 0.365 e. The third-order valence-corrected chi connectivity index (χ3v) is 2.48. The molecule has 0 radical (unpaired) electrons. The van der Waals surface area contributed by atoms with Crippen LogP contribution in [-0.4, -0.2) is 25.0 Å². The van der Waals surface area contributed by atoms with Crippen molar-refractivity contribution >= 4 is 11.6 Å². The number of hydrogen-bond acceptors (Lipinski definition) is 3. The summed E-state index contributed by atoms with van der Waals surface area (Å²) in [5, 5.41) is 2.94. The van der Waals surface area contributed by atoms with Gasteiger partial charge in [-0.15, -0.1) is 0 Å². The Bertz CT molecular complexity index is 410. The first kappa shape index (κ1) is 14.5. The number of amides is 1. The van der Waals surface area contributed by atoms with Gasteiger partial charge in [-0.2, -0.15) is 0 Å². The van der Waals surface area contributed by atoms with Gasteiger partial charge in [0.2, 0.25) is 5.91 Å². The van der Waals surface area contributed by atoms with E-state index in [9.17, 15) is 4.79 Å². The first-order valence-electron chi connectivity index (χ1n) is 6.13. The van der Waals surface area contributed by atoms with E-state index in [-0.39, 0.29) is 11.4 Å². The Morgan fingerprint density at radius 1 is 1.39 bits per heavy atom. The average molecular weight is 249 g/mol. The van der Waals surface area contributed by atoms with Crippen molar-refractivity contribution in [2.75, 3.05) is 18.5 Å². The number of nitrogens with two attached hydrogens (primary N) is 1. The summed E-state index contributed by atoms with van der Waals surface area (Å²) < 4.78 is 0. The van der Waals surface area contributed by atoms with Crippen LogP contribution in [0.2, 0.25) is 0 Å². The monoisotopic (exact) mass is 249 g/mol. The molecule has 1 aromatic rings. The minimum absolute atomic E-state index is 0.0168. The Kier molecular flexibility index (Phi) is 4.73. The molecular weight excluding hydrogens is 226 g/mol. The fraction of sp³-hybridized carbons (Fsp3) is 0.500. The molecule has 1 amide bonds. The van der Waals surface area contributed by atoms with Gasteiger partial charge in [-0.1, -0.05) is 12.1 Å². The lowest BCUT2D eigenvalue weighted by Crippen LogP contribution is -2.45. The van der Waals surface area contributed by atoms with Crippen molar-refractivity contribution in [3.8, 4) is 0 Å². The van der Waals surface area contributed by atoms with E-state index in [1.165, 1.54) is 0 Å². The van der Waals surface area contributed by atoms with E-state index in [2.05, 4.69) is 5.32 Å². The molecule has 0 atom stereocenters. The molecule has 0 heterocycles. The molecular formula is C14H23N3O. The Morgan fingerprint density at radius 3 is 2.61 bits per heavy atom. The van der Waals surface area contributed by atoms with Crippen LogP contribution in [0, 0.1) is 0 Å². The molecule has 1 aromatic carbocycles. The van der Waals surface area contributed by atoms with E-state index >= 15 is 0 Å². The average Bonchev–Trinajstić information content (AvgIpc) is 2.26. The predicted octanol–water partition coefficient (Wildman–Crippen LogP) is 1.50. The standard InChI is InChI=1S/C14H23N3O/c1-14(2,3)16-13(18)10-17(4)12-7-5-6-11(8-12)9-15/h5-8H,9-10,15H2,1-4H3,(H,16,18). The molecule has 4 heteroatoms. The van der Waals surface area contributed by atoms with Gasteiger partial charge >= 0.3 is 0 Å². The number of carbonyl (C=O) groups excluding carboxylic acids is 1. The van der Waals surface area contributed by atoms with E-state index < -0.39 is 0 Å². The molecule has 0 aliphatic rings. The summed E-state index contributed by atoms with van der Waals surface area (Å²) in [6, 6.07) is 7.91. The van der Waals surface area contributed by atoms with Crippen LogP contribution in [0.15, 0.2) is 24.3 Å². The van der Waals surface area contributed by atoms with Gasteiger partial charge in [0.15, 0.2) is 0 Å². The molecule has 0 aliphatic heterocycles. The van der Waals surface area contributed by atoms with Gasteiger partial charge in [0.05, 0.1) is 6.54 Å². The number of anilines is 1. The molecule has 0 aliphatic carbocycles. The normalized spacial score (nSPS) is 11.2. The van der Waals surface area contributed by atoms with E-state index in [0.29, 0.717) is 13.1 Å². The molecule has 0 saturated carbocycles. The zero-order valence-corrected chi connectivity index (χ0v) is 11.7. The molecule has 0 spiro atoms. The molecule has 18 heavy (non-hydrogen) atoms. The SMILES string of the molecule is CN(CC(=O)NC(C)(C)C)c1cccc(CN)c1. The van der Waals surface area contributed by atoms with Crippen LogP contribution in [0.3, 0.4) is 0 Å². The molecule has 0 unspecified atom stereocenters. The van der Waals surface area contributed by atoms with Crippen LogP contribution in [0.25, 0.3) is 0 Å². The molecule has 0 bridgehead atoms. The lowest BCUT2D eigenvalue weighted by Gasteiger charge is -2.24. The maximum absolute atomic E-state index is 11.8. The number of benzene rings is 1. The first-order valence-corrected chi connectivity index (χ1v) is 6.13. The minimum Gasteiger partial charge on any atom is -0.365 e. The minimum atomic E-state index is -0.197. The van der Waals surface area contributed by atoms with Crippen molar-refractivity contribution in [3.05, 3.63) is 29.8 Å². The lowest BCUT2D eigenvalue weighted by atomic mass is 10.1. The van der Waals surface area contributed by atoms with Gasteiger partial charge in [-0.05, 0) is 38.5 Å². The van der Waals surface area contributed by atoms with Crippen molar-refractivity contribution < 1.29 is 4.79 Å². The van der Waals surface area contributed by atoms with Crippen molar-refractivity contribution in [1.82, 2.24) is 5.32 Å². The number of likely N-dealkylation sites (N-methyl/N-ethyl adjacent to an activating group) is 1. The zero-order chi connectivity index (χ0) is 13.8. The number of carbonyl (C=O) groups is 1. The second kappa shape index (κ2) is 5.87. The summed E-state index contributed by atoms with van der Waals surface area (Å²) in [4.78, 5) is 13.7. The van der Waals surface area contributed by atoms with E-state index in [1.54, 1.807) is 0 Å². The van der Waals surface area contributed by atoms with Gasteiger partial charge in [0.25, 0.3) is 0 Å². The van der Waals surface area contributed by atoms with E-state index in [1.807, 2.05) is 57.0 Å². The quantitative estimate of drug-likeness (QED) is 0.850. The van der Waals surface area contributed by atoms with Gasteiger partial charge in [0.1, 0.15) is 0 Å². The number of rotatable bonds is 4. The van der Waals surface area contributed by atoms with Crippen LogP contribution in [0.4, 0.5) is 5.69 Å². The van der Waals surface area contributed by atoms with Crippen molar-refractivity contribution in [2.45, 2.75) is 32.9 Å². The maximum Gasteiger partial charge on any atom is 0.239 e. The van der Waals surface area contributed by atoms with E-state index in [0.717, 1.165) is 11.3 Å². The Morgan fingerprint density at radius 2 is 2.06 bits per heavy atom. The summed E-state index contributed by atoms with van der Waals surface area (Å²) in [7, 11) is 1.90. The second-order valence-corrected chi connectivity index (χ2v) is 5.53. The smallest absolute Gasteiger partial charge is 0.239 e. The number of nitrogens with zero attached hydrogens (tertiary/aromatic N) is 1. The highest BCUT2D eigenvalue weighted by atomic mass is 16.2. The van der Waals surface area contributed by atoms with Crippen LogP contribution >= 0.6 is 0 Å². The number of hydrogen-bond donors (Lipinski definition) is 2. The van der Waals surface area contributed by atoms with Crippen LogP contribution < -0.4 is 16.0 Å². The molecule has 0 aromatic heterocycles. The third kappa shape index (κ3) is 4.75. The first-order chi connectivity index (χ1) is 8.31. The maximum atomic E-state index is 11.8. The Hall–Kier alpha value is -1.55. The predicted molar refractivity (Wildman–Crippen MR) is 75.5 cm³/mol. The van der Waals surface area contributed by atoms with Crippen LogP contribution in [-0.2, 0) is 11.3 Å². The van der Waals surface area contributed by atoms with Crippen molar-refractivity contribution in [1.29, 1.82) is 0 Å². The van der Waals surface area contributed by atoms with Crippen molar-refractivity contribution in [2.24, 2.45) is 5.73 Å². The van der Waals surface area contributed by atoms with E-state index in [4.69, 9.17) is 5.73 Å². The summed E-state index contributed by atoms with van der Waals surface area (Å²) in [6.07, 6.45) is 0. The highest BCUT2D eigenvalue weighted by Gasteiger charge is 2.15.